The monoisotopic (exact) mass is 433 g/mol. The number of anilines is 1. The van der Waals surface area contributed by atoms with Gasteiger partial charge in [-0.2, -0.15) is 18.4 Å². The van der Waals surface area contributed by atoms with Gasteiger partial charge in [-0.3, -0.25) is 4.79 Å². The van der Waals surface area contributed by atoms with Gasteiger partial charge >= 0.3 is 6.18 Å². The Morgan fingerprint density at radius 2 is 1.94 bits per heavy atom. The summed E-state index contributed by atoms with van der Waals surface area (Å²) in [5.41, 5.74) is -1.06. The summed E-state index contributed by atoms with van der Waals surface area (Å²) in [6.45, 7) is 1.04. The SMILES string of the molecule is COCC1CN(C(=O)COc2ccccc2)CCN1c1ccc(C#N)c(C(F)(F)F)c1. The van der Waals surface area contributed by atoms with Crippen molar-refractivity contribution in [1.29, 1.82) is 5.26 Å². The molecular weight excluding hydrogens is 411 g/mol. The average Bonchev–Trinajstić information content (AvgIpc) is 2.77. The molecule has 164 valence electrons. The number of para-hydroxylation sites is 1. The normalized spacial score (nSPS) is 16.7. The number of hydrogen-bond acceptors (Lipinski definition) is 5. The zero-order chi connectivity index (χ0) is 22.4. The molecule has 0 bridgehead atoms. The van der Waals surface area contributed by atoms with Crippen LogP contribution in [0.3, 0.4) is 0 Å². The molecule has 6 nitrogen and oxygen atoms in total. The Balaban J connectivity index is 1.73. The maximum Gasteiger partial charge on any atom is 0.417 e. The van der Waals surface area contributed by atoms with Gasteiger partial charge < -0.3 is 19.3 Å². The molecule has 1 atom stereocenters. The van der Waals surface area contributed by atoms with Gasteiger partial charge in [0, 0.05) is 32.4 Å². The van der Waals surface area contributed by atoms with Crippen molar-refractivity contribution in [3.8, 4) is 11.8 Å². The molecule has 0 aromatic heterocycles. The number of nitrogens with zero attached hydrogens (tertiary/aromatic N) is 3. The predicted molar refractivity (Wildman–Crippen MR) is 108 cm³/mol. The molecule has 0 radical (unpaired) electrons. The van der Waals surface area contributed by atoms with Crippen molar-refractivity contribution in [2.75, 3.05) is 44.9 Å². The van der Waals surface area contributed by atoms with Crippen molar-refractivity contribution in [2.24, 2.45) is 0 Å². The minimum Gasteiger partial charge on any atom is -0.484 e. The molecule has 0 spiro atoms. The molecule has 2 aromatic carbocycles. The fourth-order valence-electron chi connectivity index (χ4n) is 3.55. The highest BCUT2D eigenvalue weighted by molar-refractivity contribution is 5.78. The zero-order valence-corrected chi connectivity index (χ0v) is 16.9. The number of amides is 1. The molecule has 1 aliphatic heterocycles. The Kier molecular flexibility index (Phi) is 7.02. The third-order valence-corrected chi connectivity index (χ3v) is 5.06. The lowest BCUT2D eigenvalue weighted by atomic mass is 10.0. The lowest BCUT2D eigenvalue weighted by Gasteiger charge is -2.42. The number of benzene rings is 2. The van der Waals surface area contributed by atoms with Gasteiger partial charge in [0.15, 0.2) is 6.61 Å². The van der Waals surface area contributed by atoms with E-state index in [1.54, 1.807) is 40.1 Å². The van der Waals surface area contributed by atoms with Gasteiger partial charge in [-0.25, -0.2) is 0 Å². The van der Waals surface area contributed by atoms with Gasteiger partial charge in [0.25, 0.3) is 5.91 Å². The Morgan fingerprint density at radius 3 is 2.58 bits per heavy atom. The fraction of sp³-hybridized carbons (Fsp3) is 0.364. The number of hydrogen-bond donors (Lipinski definition) is 0. The first-order valence-corrected chi connectivity index (χ1v) is 9.66. The van der Waals surface area contributed by atoms with Crippen molar-refractivity contribution >= 4 is 11.6 Å². The lowest BCUT2D eigenvalue weighted by Crippen LogP contribution is -2.57. The van der Waals surface area contributed by atoms with Crippen molar-refractivity contribution in [3.05, 3.63) is 59.7 Å². The predicted octanol–water partition coefficient (Wildman–Crippen LogP) is 3.32. The zero-order valence-electron chi connectivity index (χ0n) is 16.9. The fourth-order valence-corrected chi connectivity index (χ4v) is 3.55. The molecular formula is C22H22F3N3O3. The van der Waals surface area contributed by atoms with Gasteiger partial charge in [-0.05, 0) is 30.3 Å². The van der Waals surface area contributed by atoms with Gasteiger partial charge in [-0.15, -0.1) is 0 Å². The minimum atomic E-state index is -4.63. The van der Waals surface area contributed by atoms with E-state index in [2.05, 4.69) is 0 Å². The van der Waals surface area contributed by atoms with Gasteiger partial charge in [0.1, 0.15) is 5.75 Å². The number of piperazine rings is 1. The van der Waals surface area contributed by atoms with Crippen LogP contribution in [0.2, 0.25) is 0 Å². The summed E-state index contributed by atoms with van der Waals surface area (Å²) in [5.74, 6) is 0.376. The quantitative estimate of drug-likeness (QED) is 0.699. The summed E-state index contributed by atoms with van der Waals surface area (Å²) in [7, 11) is 1.50. The first-order valence-electron chi connectivity index (χ1n) is 9.66. The van der Waals surface area contributed by atoms with Crippen LogP contribution in [0.4, 0.5) is 18.9 Å². The summed E-state index contributed by atoms with van der Waals surface area (Å²) in [6.07, 6.45) is -4.63. The van der Waals surface area contributed by atoms with E-state index in [0.717, 1.165) is 6.07 Å². The number of nitriles is 1. The van der Waals surface area contributed by atoms with E-state index in [1.807, 2.05) is 6.07 Å². The van der Waals surface area contributed by atoms with Crippen molar-refractivity contribution in [2.45, 2.75) is 12.2 Å². The molecule has 3 rings (SSSR count). The number of carbonyl (C=O) groups excluding carboxylic acids is 1. The van der Waals surface area contributed by atoms with Crippen LogP contribution in [-0.2, 0) is 15.7 Å². The maximum atomic E-state index is 13.4. The second-order valence-electron chi connectivity index (χ2n) is 7.08. The molecule has 1 unspecified atom stereocenters. The smallest absolute Gasteiger partial charge is 0.417 e. The Labute approximate surface area is 178 Å². The molecule has 2 aromatic rings. The van der Waals surface area contributed by atoms with E-state index < -0.39 is 17.3 Å². The van der Waals surface area contributed by atoms with Crippen LogP contribution >= 0.6 is 0 Å². The van der Waals surface area contributed by atoms with Crippen LogP contribution in [0, 0.1) is 11.3 Å². The summed E-state index contributed by atoms with van der Waals surface area (Å²) in [4.78, 5) is 16.0. The summed E-state index contributed by atoms with van der Waals surface area (Å²) < 4.78 is 50.8. The van der Waals surface area contributed by atoms with Crippen LogP contribution in [0.5, 0.6) is 5.75 Å². The van der Waals surface area contributed by atoms with Crippen molar-refractivity contribution < 1.29 is 27.4 Å². The Hall–Kier alpha value is -3.25. The average molecular weight is 433 g/mol. The maximum absolute atomic E-state index is 13.4. The van der Waals surface area contributed by atoms with E-state index in [0.29, 0.717) is 24.5 Å². The van der Waals surface area contributed by atoms with Crippen LogP contribution in [0.25, 0.3) is 0 Å². The highest BCUT2D eigenvalue weighted by Gasteiger charge is 2.36. The highest BCUT2D eigenvalue weighted by atomic mass is 19.4. The van der Waals surface area contributed by atoms with Gasteiger partial charge in [0.05, 0.1) is 29.8 Å². The number of alkyl halides is 3. The van der Waals surface area contributed by atoms with Crippen LogP contribution in [0.15, 0.2) is 48.5 Å². The van der Waals surface area contributed by atoms with Crippen LogP contribution in [0.1, 0.15) is 11.1 Å². The highest BCUT2D eigenvalue weighted by Crippen LogP contribution is 2.35. The minimum absolute atomic E-state index is 0.126. The number of halogens is 3. The molecule has 31 heavy (non-hydrogen) atoms. The number of carbonyl (C=O) groups is 1. The molecule has 1 aliphatic rings. The summed E-state index contributed by atoms with van der Waals surface area (Å²) in [5, 5.41) is 9.01. The summed E-state index contributed by atoms with van der Waals surface area (Å²) in [6, 6.07) is 13.9. The van der Waals surface area contributed by atoms with E-state index in [-0.39, 0.29) is 31.7 Å². The van der Waals surface area contributed by atoms with Crippen molar-refractivity contribution in [1.82, 2.24) is 4.90 Å². The number of methoxy groups -OCH3 is 1. The molecule has 9 heteroatoms. The number of ether oxygens (including phenoxy) is 2. The van der Waals surface area contributed by atoms with Crippen molar-refractivity contribution in [3.63, 3.8) is 0 Å². The first kappa shape index (κ1) is 22.4. The van der Waals surface area contributed by atoms with Gasteiger partial charge in [0.2, 0.25) is 0 Å². The first-order chi connectivity index (χ1) is 14.8. The topological polar surface area (TPSA) is 65.8 Å². The lowest BCUT2D eigenvalue weighted by molar-refractivity contribution is -0.137. The van der Waals surface area contributed by atoms with Crippen LogP contribution in [-0.4, -0.2) is 56.8 Å². The van der Waals surface area contributed by atoms with Crippen LogP contribution < -0.4 is 9.64 Å². The summed E-state index contributed by atoms with van der Waals surface area (Å²) >= 11 is 0. The molecule has 0 saturated carbocycles. The van der Waals surface area contributed by atoms with Gasteiger partial charge in [-0.1, -0.05) is 18.2 Å². The third kappa shape index (κ3) is 5.47. The van der Waals surface area contributed by atoms with E-state index in [4.69, 9.17) is 14.7 Å². The number of rotatable bonds is 6. The van der Waals surface area contributed by atoms with E-state index in [9.17, 15) is 18.0 Å². The second kappa shape index (κ2) is 9.71. The largest absolute Gasteiger partial charge is 0.484 e. The molecule has 0 N–H and O–H groups in total. The molecule has 1 fully saturated rings. The Bertz CT molecular complexity index is 944. The third-order valence-electron chi connectivity index (χ3n) is 5.06. The van der Waals surface area contributed by atoms with E-state index in [1.165, 1.54) is 19.2 Å². The standard InChI is InChI=1S/C22H22F3N3O3/c1-30-14-18-13-27(21(29)15-31-19-5-3-2-4-6-19)9-10-28(18)17-8-7-16(12-26)20(11-17)22(23,24)25/h2-8,11,18H,9-10,13-15H2,1H3. The second-order valence-corrected chi connectivity index (χ2v) is 7.08. The molecule has 0 aliphatic carbocycles. The molecule has 1 amide bonds. The molecule has 1 heterocycles. The van der Waals surface area contributed by atoms with E-state index >= 15 is 0 Å². The molecule has 1 saturated heterocycles. The Morgan fingerprint density at radius 1 is 1.19 bits per heavy atom.